The maximum absolute atomic E-state index is 12.7. The predicted octanol–water partition coefficient (Wildman–Crippen LogP) is 3.14. The molecule has 6 nitrogen and oxygen atoms in total. The lowest BCUT2D eigenvalue weighted by Gasteiger charge is -2.12. The van der Waals surface area contributed by atoms with Gasteiger partial charge in [-0.2, -0.15) is 0 Å². The third kappa shape index (κ3) is 3.14. The van der Waals surface area contributed by atoms with E-state index in [-0.39, 0.29) is 25.3 Å². The van der Waals surface area contributed by atoms with Gasteiger partial charge in [0.2, 0.25) is 0 Å². The van der Waals surface area contributed by atoms with Crippen LogP contribution in [0, 0.1) is 0 Å². The van der Waals surface area contributed by atoms with Gasteiger partial charge in [-0.1, -0.05) is 30.3 Å². The highest BCUT2D eigenvalue weighted by molar-refractivity contribution is 7.17. The number of esters is 1. The van der Waals surface area contributed by atoms with Gasteiger partial charge in [-0.3, -0.25) is 18.7 Å². The standard InChI is InChI=1S/C21H18N2O4S/c1-2-22-20(25)16-8-3-5-9-17(16)23(21(22)26)11-19(24)27-12-14-13-28-18-10-6-4-7-15(14)18/h3-10,13H,2,11-12H2,1H3. The molecule has 4 aromatic rings. The number of aromatic nitrogens is 2. The average molecular weight is 394 g/mol. The minimum absolute atomic E-state index is 0.142. The van der Waals surface area contributed by atoms with Crippen LogP contribution >= 0.6 is 11.3 Å². The number of benzene rings is 2. The van der Waals surface area contributed by atoms with Gasteiger partial charge in [-0.25, -0.2) is 4.79 Å². The van der Waals surface area contributed by atoms with E-state index in [1.807, 2.05) is 29.6 Å². The molecule has 0 saturated carbocycles. The summed E-state index contributed by atoms with van der Waals surface area (Å²) in [6.07, 6.45) is 0. The van der Waals surface area contributed by atoms with Crippen LogP contribution in [0.3, 0.4) is 0 Å². The van der Waals surface area contributed by atoms with Crippen LogP contribution in [-0.4, -0.2) is 15.1 Å². The highest BCUT2D eigenvalue weighted by Crippen LogP contribution is 2.26. The van der Waals surface area contributed by atoms with Gasteiger partial charge in [0.1, 0.15) is 13.2 Å². The molecule has 4 rings (SSSR count). The molecule has 0 amide bonds. The summed E-state index contributed by atoms with van der Waals surface area (Å²) in [4.78, 5) is 37.6. The molecule has 0 aliphatic rings. The molecule has 2 heterocycles. The van der Waals surface area contributed by atoms with Crippen LogP contribution in [0.2, 0.25) is 0 Å². The van der Waals surface area contributed by atoms with Crippen molar-refractivity contribution in [2.24, 2.45) is 0 Å². The molecule has 142 valence electrons. The third-order valence-corrected chi connectivity index (χ3v) is 5.70. The van der Waals surface area contributed by atoms with Crippen LogP contribution in [0.15, 0.2) is 63.5 Å². The van der Waals surface area contributed by atoms with Crippen molar-refractivity contribution in [2.45, 2.75) is 26.6 Å². The van der Waals surface area contributed by atoms with E-state index < -0.39 is 11.7 Å². The quantitative estimate of drug-likeness (QED) is 0.488. The normalized spacial score (nSPS) is 11.2. The number of carbonyl (C=O) groups excluding carboxylic acids is 1. The number of carbonyl (C=O) groups is 1. The summed E-state index contributed by atoms with van der Waals surface area (Å²) in [5.41, 5.74) is 0.506. The number of thiophene rings is 1. The largest absolute Gasteiger partial charge is 0.459 e. The Morgan fingerprint density at radius 2 is 1.71 bits per heavy atom. The van der Waals surface area contributed by atoms with Gasteiger partial charge in [-0.05, 0) is 35.9 Å². The zero-order chi connectivity index (χ0) is 19.7. The molecule has 7 heteroatoms. The van der Waals surface area contributed by atoms with Gasteiger partial charge in [0.05, 0.1) is 10.9 Å². The molecule has 0 radical (unpaired) electrons. The Bertz CT molecular complexity index is 1300. The zero-order valence-corrected chi connectivity index (χ0v) is 16.1. The zero-order valence-electron chi connectivity index (χ0n) is 15.3. The second kappa shape index (κ2) is 7.44. The Labute approximate surface area is 164 Å². The van der Waals surface area contributed by atoms with Crippen molar-refractivity contribution >= 4 is 38.3 Å². The van der Waals surface area contributed by atoms with Crippen molar-refractivity contribution in [3.63, 3.8) is 0 Å². The molecule has 0 spiro atoms. The molecule has 0 N–H and O–H groups in total. The van der Waals surface area contributed by atoms with E-state index in [1.165, 1.54) is 4.57 Å². The number of fused-ring (bicyclic) bond motifs is 2. The summed E-state index contributed by atoms with van der Waals surface area (Å²) in [5, 5.41) is 3.43. The topological polar surface area (TPSA) is 70.3 Å². The number of para-hydroxylation sites is 1. The van der Waals surface area contributed by atoms with Gasteiger partial charge in [-0.15, -0.1) is 11.3 Å². The second-order valence-corrected chi connectivity index (χ2v) is 7.26. The maximum Gasteiger partial charge on any atom is 0.332 e. The number of nitrogens with zero attached hydrogens (tertiary/aromatic N) is 2. The fourth-order valence-corrected chi connectivity index (χ4v) is 4.23. The van der Waals surface area contributed by atoms with Crippen LogP contribution in [0.5, 0.6) is 0 Å². The molecule has 2 aromatic carbocycles. The highest BCUT2D eigenvalue weighted by atomic mass is 32.1. The number of rotatable bonds is 5. The van der Waals surface area contributed by atoms with E-state index >= 15 is 0 Å². The van der Waals surface area contributed by atoms with Crippen LogP contribution < -0.4 is 11.2 Å². The molecule has 28 heavy (non-hydrogen) atoms. The summed E-state index contributed by atoms with van der Waals surface area (Å²) in [5.74, 6) is -0.524. The van der Waals surface area contributed by atoms with Gasteiger partial charge in [0.25, 0.3) is 5.56 Å². The van der Waals surface area contributed by atoms with E-state index in [9.17, 15) is 14.4 Å². The van der Waals surface area contributed by atoms with Crippen molar-refractivity contribution in [1.82, 2.24) is 9.13 Å². The van der Waals surface area contributed by atoms with Crippen molar-refractivity contribution in [2.75, 3.05) is 0 Å². The van der Waals surface area contributed by atoms with Crippen LogP contribution in [0.25, 0.3) is 21.0 Å². The molecular formula is C21H18N2O4S. The van der Waals surface area contributed by atoms with E-state index in [2.05, 4.69) is 0 Å². The van der Waals surface area contributed by atoms with Gasteiger partial charge in [0.15, 0.2) is 0 Å². The molecule has 2 aromatic heterocycles. The maximum atomic E-state index is 12.7. The number of hydrogen-bond acceptors (Lipinski definition) is 5. The minimum atomic E-state index is -0.524. The van der Waals surface area contributed by atoms with Crippen LogP contribution in [0.1, 0.15) is 12.5 Å². The first-order valence-corrected chi connectivity index (χ1v) is 9.81. The lowest BCUT2D eigenvalue weighted by atomic mass is 10.2. The highest BCUT2D eigenvalue weighted by Gasteiger charge is 2.15. The predicted molar refractivity (Wildman–Crippen MR) is 110 cm³/mol. The van der Waals surface area contributed by atoms with Gasteiger partial charge in [0, 0.05) is 16.8 Å². The Kier molecular flexibility index (Phi) is 4.83. The summed E-state index contributed by atoms with van der Waals surface area (Å²) >= 11 is 1.60. The first-order chi connectivity index (χ1) is 13.6. The monoisotopic (exact) mass is 394 g/mol. The molecule has 0 aliphatic heterocycles. The average Bonchev–Trinajstić information content (AvgIpc) is 3.13. The van der Waals surface area contributed by atoms with Crippen molar-refractivity contribution < 1.29 is 9.53 Å². The van der Waals surface area contributed by atoms with Crippen molar-refractivity contribution in [3.05, 3.63) is 80.3 Å². The lowest BCUT2D eigenvalue weighted by Crippen LogP contribution is -2.40. The summed E-state index contributed by atoms with van der Waals surface area (Å²) in [7, 11) is 0. The summed E-state index contributed by atoms with van der Waals surface area (Å²) < 4.78 is 8.98. The van der Waals surface area contributed by atoms with E-state index in [4.69, 9.17) is 4.74 Å². The van der Waals surface area contributed by atoms with E-state index in [0.29, 0.717) is 10.9 Å². The first-order valence-electron chi connectivity index (χ1n) is 8.93. The van der Waals surface area contributed by atoms with E-state index in [0.717, 1.165) is 20.2 Å². The van der Waals surface area contributed by atoms with Gasteiger partial charge < -0.3 is 4.74 Å². The molecule has 0 bridgehead atoms. The van der Waals surface area contributed by atoms with Gasteiger partial charge >= 0.3 is 11.7 Å². The molecule has 0 aliphatic carbocycles. The fourth-order valence-electron chi connectivity index (χ4n) is 3.28. The smallest absolute Gasteiger partial charge is 0.332 e. The van der Waals surface area contributed by atoms with Crippen molar-refractivity contribution in [3.8, 4) is 0 Å². The Hall–Kier alpha value is -3.19. The third-order valence-electron chi connectivity index (χ3n) is 4.69. The first kappa shape index (κ1) is 18.2. The number of ether oxygens (including phenoxy) is 1. The summed E-state index contributed by atoms with van der Waals surface area (Å²) in [6.45, 7) is 1.85. The van der Waals surface area contributed by atoms with Crippen molar-refractivity contribution in [1.29, 1.82) is 0 Å². The molecular weight excluding hydrogens is 376 g/mol. The Morgan fingerprint density at radius 1 is 1.00 bits per heavy atom. The van der Waals surface area contributed by atoms with E-state index in [1.54, 1.807) is 42.5 Å². The molecule has 0 saturated heterocycles. The van der Waals surface area contributed by atoms with Crippen LogP contribution in [-0.2, 0) is 29.2 Å². The SMILES string of the molecule is CCn1c(=O)c2ccccc2n(CC(=O)OCc2csc3ccccc23)c1=O. The molecule has 0 unspecified atom stereocenters. The van der Waals surface area contributed by atoms with Crippen LogP contribution in [0.4, 0.5) is 0 Å². The lowest BCUT2D eigenvalue weighted by molar-refractivity contribution is -0.145. The number of hydrogen-bond donors (Lipinski definition) is 0. The minimum Gasteiger partial charge on any atom is -0.459 e. The molecule has 0 fully saturated rings. The summed E-state index contributed by atoms with van der Waals surface area (Å²) in [6, 6.07) is 14.7. The fraction of sp³-hybridized carbons (Fsp3) is 0.190. The molecule has 0 atom stereocenters. The second-order valence-electron chi connectivity index (χ2n) is 6.35. The Balaban J connectivity index is 1.62. The Morgan fingerprint density at radius 3 is 2.50 bits per heavy atom.